The number of rotatable bonds is 5. The molecular formula is C13H15BrO2. The topological polar surface area (TPSA) is 34.1 Å². The maximum atomic E-state index is 11.3. The van der Waals surface area contributed by atoms with Crippen molar-refractivity contribution in [1.82, 2.24) is 0 Å². The highest BCUT2D eigenvalue weighted by Crippen LogP contribution is 2.20. The van der Waals surface area contributed by atoms with Gasteiger partial charge >= 0.3 is 0 Å². The Labute approximate surface area is 104 Å². The monoisotopic (exact) mass is 282 g/mol. The normalized spacial score (nSPS) is 10.5. The van der Waals surface area contributed by atoms with Crippen molar-refractivity contribution in [2.75, 3.05) is 0 Å². The number of benzene rings is 1. The van der Waals surface area contributed by atoms with Gasteiger partial charge in [0.05, 0.1) is 5.92 Å². The summed E-state index contributed by atoms with van der Waals surface area (Å²) in [5, 5.41) is 0. The summed E-state index contributed by atoms with van der Waals surface area (Å²) in [5.74, 6) is -0.536. The van der Waals surface area contributed by atoms with Crippen molar-refractivity contribution >= 4 is 27.5 Å². The third-order valence-electron chi connectivity index (χ3n) is 2.64. The first-order valence-electron chi connectivity index (χ1n) is 5.26. The van der Waals surface area contributed by atoms with E-state index in [4.69, 9.17) is 0 Å². The average Bonchev–Trinajstić information content (AvgIpc) is 2.20. The Morgan fingerprint density at radius 3 is 2.25 bits per heavy atom. The highest BCUT2D eigenvalue weighted by molar-refractivity contribution is 9.10. The quantitative estimate of drug-likeness (QED) is 0.778. The summed E-state index contributed by atoms with van der Waals surface area (Å²) in [4.78, 5) is 22.5. The molecule has 0 bridgehead atoms. The molecule has 16 heavy (non-hydrogen) atoms. The van der Waals surface area contributed by atoms with Crippen LogP contribution in [0.2, 0.25) is 0 Å². The lowest BCUT2D eigenvalue weighted by Crippen LogP contribution is -2.20. The lowest BCUT2D eigenvalue weighted by molar-refractivity contribution is -0.130. The average molecular weight is 283 g/mol. The van der Waals surface area contributed by atoms with E-state index in [1.54, 1.807) is 0 Å². The third kappa shape index (κ3) is 3.56. The van der Waals surface area contributed by atoms with Gasteiger partial charge in [-0.3, -0.25) is 9.59 Å². The summed E-state index contributed by atoms with van der Waals surface area (Å²) >= 11 is 3.45. The molecule has 0 aliphatic heterocycles. The van der Waals surface area contributed by atoms with Gasteiger partial charge in [0, 0.05) is 4.47 Å². The lowest BCUT2D eigenvalue weighted by atomic mass is 9.93. The van der Waals surface area contributed by atoms with Crippen LogP contribution in [0.5, 0.6) is 0 Å². The minimum Gasteiger partial charge on any atom is -0.299 e. The predicted molar refractivity (Wildman–Crippen MR) is 67.3 cm³/mol. The van der Waals surface area contributed by atoms with Gasteiger partial charge in [-0.05, 0) is 38.3 Å². The Kier molecular flexibility index (Phi) is 4.87. The van der Waals surface area contributed by atoms with Crippen molar-refractivity contribution in [2.45, 2.75) is 26.7 Å². The largest absolute Gasteiger partial charge is 0.299 e. The number of hydrogen-bond donors (Lipinski definition) is 0. The van der Waals surface area contributed by atoms with E-state index in [1.807, 2.05) is 24.3 Å². The molecule has 86 valence electrons. The second-order valence-electron chi connectivity index (χ2n) is 3.90. The van der Waals surface area contributed by atoms with Gasteiger partial charge in [-0.2, -0.15) is 0 Å². The highest BCUT2D eigenvalue weighted by atomic mass is 79.9. The molecule has 0 spiro atoms. The van der Waals surface area contributed by atoms with Crippen LogP contribution in [0.15, 0.2) is 28.7 Å². The standard InChI is InChI=1S/C13H15BrO2/c1-9(15)12(10(2)16)8-7-11-5-3-4-6-13(11)14/h3-6,12H,7-8H2,1-2H3. The Morgan fingerprint density at radius 1 is 1.19 bits per heavy atom. The van der Waals surface area contributed by atoms with Crippen LogP contribution in [-0.4, -0.2) is 11.6 Å². The fourth-order valence-electron chi connectivity index (χ4n) is 1.69. The number of Topliss-reactive ketones (excluding diaryl/α,β-unsaturated/α-hetero) is 2. The van der Waals surface area contributed by atoms with E-state index in [9.17, 15) is 9.59 Å². The minimum atomic E-state index is -0.452. The molecule has 0 radical (unpaired) electrons. The van der Waals surface area contributed by atoms with E-state index in [-0.39, 0.29) is 11.6 Å². The lowest BCUT2D eigenvalue weighted by Gasteiger charge is -2.10. The van der Waals surface area contributed by atoms with Crippen molar-refractivity contribution in [3.8, 4) is 0 Å². The second kappa shape index (κ2) is 5.94. The molecule has 0 unspecified atom stereocenters. The highest BCUT2D eigenvalue weighted by Gasteiger charge is 2.19. The third-order valence-corrected chi connectivity index (χ3v) is 3.42. The number of aryl methyl sites for hydroxylation is 1. The molecule has 0 aliphatic rings. The van der Waals surface area contributed by atoms with Gasteiger partial charge in [0.15, 0.2) is 0 Å². The number of carbonyl (C=O) groups is 2. The SMILES string of the molecule is CC(=O)C(CCc1ccccc1Br)C(C)=O. The molecule has 1 aromatic rings. The Balaban J connectivity index is 2.66. The zero-order chi connectivity index (χ0) is 12.1. The van der Waals surface area contributed by atoms with Crippen LogP contribution in [0.1, 0.15) is 25.8 Å². The van der Waals surface area contributed by atoms with E-state index in [0.717, 1.165) is 16.5 Å². The Hall–Kier alpha value is -0.960. The summed E-state index contributed by atoms with van der Waals surface area (Å²) < 4.78 is 1.03. The molecule has 0 atom stereocenters. The number of halogens is 1. The first-order chi connectivity index (χ1) is 7.52. The van der Waals surface area contributed by atoms with Crippen molar-refractivity contribution in [1.29, 1.82) is 0 Å². The van der Waals surface area contributed by atoms with E-state index in [1.165, 1.54) is 13.8 Å². The maximum Gasteiger partial charge on any atom is 0.140 e. The molecular weight excluding hydrogens is 268 g/mol. The molecule has 0 amide bonds. The van der Waals surface area contributed by atoms with Crippen LogP contribution in [0.4, 0.5) is 0 Å². The molecule has 1 aromatic carbocycles. The predicted octanol–water partition coefficient (Wildman–Crippen LogP) is 3.18. The number of carbonyl (C=O) groups excluding carboxylic acids is 2. The minimum absolute atomic E-state index is 0.0421. The van der Waals surface area contributed by atoms with Gasteiger partial charge < -0.3 is 0 Å². The number of ketones is 2. The molecule has 0 fully saturated rings. The molecule has 0 heterocycles. The van der Waals surface area contributed by atoms with Crippen molar-refractivity contribution in [2.24, 2.45) is 5.92 Å². The molecule has 0 aliphatic carbocycles. The Bertz CT molecular complexity index is 385. The van der Waals surface area contributed by atoms with Gasteiger partial charge in [0.25, 0.3) is 0 Å². The van der Waals surface area contributed by atoms with Gasteiger partial charge in [0.1, 0.15) is 11.6 Å². The van der Waals surface area contributed by atoms with Crippen LogP contribution in [0, 0.1) is 5.92 Å². The van der Waals surface area contributed by atoms with Crippen LogP contribution in [-0.2, 0) is 16.0 Å². The zero-order valence-electron chi connectivity index (χ0n) is 9.50. The maximum absolute atomic E-state index is 11.3. The van der Waals surface area contributed by atoms with Crippen LogP contribution >= 0.6 is 15.9 Å². The summed E-state index contributed by atoms with van der Waals surface area (Å²) in [6.07, 6.45) is 1.33. The van der Waals surface area contributed by atoms with Crippen molar-refractivity contribution in [3.63, 3.8) is 0 Å². The zero-order valence-corrected chi connectivity index (χ0v) is 11.1. The van der Waals surface area contributed by atoms with Gasteiger partial charge in [-0.15, -0.1) is 0 Å². The van der Waals surface area contributed by atoms with E-state index in [2.05, 4.69) is 15.9 Å². The summed E-state index contributed by atoms with van der Waals surface area (Å²) in [7, 11) is 0. The summed E-state index contributed by atoms with van der Waals surface area (Å²) in [6, 6.07) is 7.87. The van der Waals surface area contributed by atoms with Crippen LogP contribution in [0.25, 0.3) is 0 Å². The van der Waals surface area contributed by atoms with Gasteiger partial charge in [-0.25, -0.2) is 0 Å². The molecule has 0 saturated carbocycles. The van der Waals surface area contributed by atoms with Gasteiger partial charge in [-0.1, -0.05) is 34.1 Å². The van der Waals surface area contributed by atoms with Crippen LogP contribution in [0.3, 0.4) is 0 Å². The molecule has 3 heteroatoms. The molecule has 0 saturated heterocycles. The first-order valence-corrected chi connectivity index (χ1v) is 6.06. The van der Waals surface area contributed by atoms with E-state index in [0.29, 0.717) is 6.42 Å². The molecule has 1 rings (SSSR count). The first kappa shape index (κ1) is 13.1. The molecule has 2 nitrogen and oxygen atoms in total. The van der Waals surface area contributed by atoms with E-state index >= 15 is 0 Å². The van der Waals surface area contributed by atoms with Crippen LogP contribution < -0.4 is 0 Å². The van der Waals surface area contributed by atoms with Gasteiger partial charge in [0.2, 0.25) is 0 Å². The second-order valence-corrected chi connectivity index (χ2v) is 4.76. The fraction of sp³-hybridized carbons (Fsp3) is 0.385. The summed E-state index contributed by atoms with van der Waals surface area (Å²) in [5.41, 5.74) is 1.13. The molecule has 0 aromatic heterocycles. The van der Waals surface area contributed by atoms with E-state index < -0.39 is 5.92 Å². The molecule has 0 N–H and O–H groups in total. The smallest absolute Gasteiger partial charge is 0.140 e. The van der Waals surface area contributed by atoms with Crippen molar-refractivity contribution in [3.05, 3.63) is 34.3 Å². The fourth-order valence-corrected chi connectivity index (χ4v) is 2.18. The summed E-state index contributed by atoms with van der Waals surface area (Å²) in [6.45, 7) is 2.96. The van der Waals surface area contributed by atoms with Crippen molar-refractivity contribution < 1.29 is 9.59 Å². The number of hydrogen-bond acceptors (Lipinski definition) is 2. The Morgan fingerprint density at radius 2 is 1.75 bits per heavy atom.